The first-order valence-electron chi connectivity index (χ1n) is 8.37. The second kappa shape index (κ2) is 6.56. The fourth-order valence-corrected chi connectivity index (χ4v) is 2.78. The van der Waals surface area contributed by atoms with Crippen molar-refractivity contribution in [3.8, 4) is 0 Å². The smallest absolute Gasteiger partial charge is 0.271 e. The zero-order chi connectivity index (χ0) is 19.0. The largest absolute Gasteiger partial charge is 0.475 e. The maximum atomic E-state index is 12.5. The number of primary amides is 1. The number of amides is 2. The van der Waals surface area contributed by atoms with Crippen LogP contribution >= 0.6 is 0 Å². The van der Waals surface area contributed by atoms with Crippen molar-refractivity contribution in [3.63, 3.8) is 0 Å². The van der Waals surface area contributed by atoms with Gasteiger partial charge in [-0.15, -0.1) is 0 Å². The molecule has 3 aromatic heterocycles. The second-order valence-electron chi connectivity index (χ2n) is 5.97. The highest BCUT2D eigenvalue weighted by atomic mass is 16.5. The Morgan fingerprint density at radius 1 is 1.41 bits per heavy atom. The second-order valence-corrected chi connectivity index (χ2v) is 5.97. The molecule has 0 saturated carbocycles. The van der Waals surface area contributed by atoms with Gasteiger partial charge in [-0.1, -0.05) is 0 Å². The Bertz CT molecular complexity index is 1070. The van der Waals surface area contributed by atoms with Crippen LogP contribution in [0.4, 0.5) is 5.69 Å². The molecule has 0 radical (unpaired) electrons. The average Bonchev–Trinajstić information content (AvgIpc) is 3.39. The van der Waals surface area contributed by atoms with E-state index in [2.05, 4.69) is 20.4 Å². The minimum absolute atomic E-state index is 0.0121. The van der Waals surface area contributed by atoms with Crippen LogP contribution in [0.2, 0.25) is 0 Å². The molecule has 10 nitrogen and oxygen atoms in total. The third-order valence-corrected chi connectivity index (χ3v) is 4.18. The van der Waals surface area contributed by atoms with Crippen molar-refractivity contribution in [2.75, 3.05) is 11.9 Å². The number of aliphatic imine (C=N–C) groups is 1. The van der Waals surface area contributed by atoms with Crippen LogP contribution in [-0.4, -0.2) is 49.5 Å². The molecule has 1 atom stereocenters. The standard InChI is InChI=1S/C17H17N7O3/c1-2-24-8-11(14(22-24)15(18)25)20-16(26)12-9-27-17(21-12)10-3-5-23-6-4-19-13(23)7-10/h3-8,12H,2,9H2,1H3,(H2,18,25)(H,20,26). The molecule has 0 fully saturated rings. The van der Waals surface area contributed by atoms with Gasteiger partial charge in [0.15, 0.2) is 11.7 Å². The van der Waals surface area contributed by atoms with Gasteiger partial charge in [-0.3, -0.25) is 14.3 Å². The third-order valence-electron chi connectivity index (χ3n) is 4.18. The van der Waals surface area contributed by atoms with Crippen molar-refractivity contribution in [3.05, 3.63) is 48.2 Å². The lowest BCUT2D eigenvalue weighted by Gasteiger charge is -2.06. The quantitative estimate of drug-likeness (QED) is 0.676. The first kappa shape index (κ1) is 16.8. The maximum absolute atomic E-state index is 12.5. The molecular formula is C17H17N7O3. The lowest BCUT2D eigenvalue weighted by molar-refractivity contribution is -0.117. The van der Waals surface area contributed by atoms with Crippen LogP contribution in [-0.2, 0) is 16.1 Å². The number of imidazole rings is 1. The van der Waals surface area contributed by atoms with Crippen molar-refractivity contribution in [1.82, 2.24) is 19.2 Å². The van der Waals surface area contributed by atoms with Gasteiger partial charge in [-0.05, 0) is 19.1 Å². The number of rotatable bonds is 5. The van der Waals surface area contributed by atoms with Gasteiger partial charge in [0.25, 0.3) is 11.8 Å². The first-order chi connectivity index (χ1) is 13.0. The van der Waals surface area contributed by atoms with Crippen molar-refractivity contribution < 1.29 is 14.3 Å². The molecule has 0 bridgehead atoms. The molecule has 27 heavy (non-hydrogen) atoms. The zero-order valence-electron chi connectivity index (χ0n) is 14.5. The number of hydrogen-bond acceptors (Lipinski definition) is 6. The number of carbonyl (C=O) groups is 2. The van der Waals surface area contributed by atoms with Gasteiger partial charge in [0.1, 0.15) is 12.3 Å². The Balaban J connectivity index is 1.53. The molecule has 0 spiro atoms. The minimum atomic E-state index is -0.735. The van der Waals surface area contributed by atoms with Gasteiger partial charge in [0.05, 0.1) is 5.69 Å². The Labute approximate surface area is 153 Å². The predicted molar refractivity (Wildman–Crippen MR) is 96.5 cm³/mol. The average molecular weight is 367 g/mol. The van der Waals surface area contributed by atoms with E-state index in [4.69, 9.17) is 10.5 Å². The van der Waals surface area contributed by atoms with Crippen LogP contribution in [0.1, 0.15) is 23.0 Å². The Kier molecular flexibility index (Phi) is 4.07. The van der Waals surface area contributed by atoms with Crippen LogP contribution in [0.25, 0.3) is 5.65 Å². The van der Waals surface area contributed by atoms with Crippen LogP contribution in [0.15, 0.2) is 41.9 Å². The van der Waals surface area contributed by atoms with Crippen LogP contribution < -0.4 is 11.1 Å². The SMILES string of the molecule is CCn1cc(NC(=O)C2COC(c3ccn4ccnc4c3)=N2)c(C(N)=O)n1. The summed E-state index contributed by atoms with van der Waals surface area (Å²) in [4.78, 5) is 32.6. The number of nitrogens with two attached hydrogens (primary N) is 1. The number of nitrogens with zero attached hydrogens (tertiary/aromatic N) is 5. The molecule has 138 valence electrons. The van der Waals surface area contributed by atoms with E-state index in [9.17, 15) is 9.59 Å². The van der Waals surface area contributed by atoms with E-state index in [1.165, 1.54) is 4.68 Å². The molecule has 0 aromatic carbocycles. The molecule has 4 heterocycles. The van der Waals surface area contributed by atoms with Gasteiger partial charge in [0.2, 0.25) is 5.90 Å². The number of ether oxygens (including phenoxy) is 1. The topological polar surface area (TPSA) is 129 Å². The molecule has 10 heteroatoms. The summed E-state index contributed by atoms with van der Waals surface area (Å²) in [7, 11) is 0. The summed E-state index contributed by atoms with van der Waals surface area (Å²) in [6.45, 7) is 2.51. The molecule has 3 N–H and O–H groups in total. The van der Waals surface area contributed by atoms with Gasteiger partial charge in [-0.25, -0.2) is 9.98 Å². The number of hydrogen-bond donors (Lipinski definition) is 2. The van der Waals surface area contributed by atoms with Gasteiger partial charge >= 0.3 is 0 Å². The summed E-state index contributed by atoms with van der Waals surface area (Å²) in [5, 5.41) is 6.70. The van der Waals surface area contributed by atoms with Gasteiger partial charge < -0.3 is 20.2 Å². The van der Waals surface area contributed by atoms with Gasteiger partial charge in [-0.2, -0.15) is 5.10 Å². The molecule has 1 aliphatic rings. The first-order valence-corrected chi connectivity index (χ1v) is 8.37. The molecule has 2 amide bonds. The predicted octanol–water partition coefficient (Wildman–Crippen LogP) is 0.434. The summed E-state index contributed by atoms with van der Waals surface area (Å²) in [6.07, 6.45) is 6.93. The Morgan fingerprint density at radius 2 is 2.26 bits per heavy atom. The van der Waals surface area contributed by atoms with E-state index in [0.29, 0.717) is 12.4 Å². The molecular weight excluding hydrogens is 350 g/mol. The number of anilines is 1. The highest BCUT2D eigenvalue weighted by molar-refractivity contribution is 6.05. The number of nitrogens with one attached hydrogen (secondary N) is 1. The fraction of sp³-hybridized carbons (Fsp3) is 0.235. The summed E-state index contributed by atoms with van der Waals surface area (Å²) in [5.41, 5.74) is 7.08. The van der Waals surface area contributed by atoms with Crippen molar-refractivity contribution >= 4 is 29.0 Å². The van der Waals surface area contributed by atoms with Crippen molar-refractivity contribution in [2.24, 2.45) is 10.7 Å². The molecule has 4 rings (SSSR count). The highest BCUT2D eigenvalue weighted by Gasteiger charge is 2.28. The van der Waals surface area contributed by atoms with Crippen LogP contribution in [0.3, 0.4) is 0 Å². The highest BCUT2D eigenvalue weighted by Crippen LogP contribution is 2.18. The van der Waals surface area contributed by atoms with Crippen molar-refractivity contribution in [1.29, 1.82) is 0 Å². The number of aromatic nitrogens is 4. The van der Waals surface area contributed by atoms with E-state index in [0.717, 1.165) is 11.2 Å². The van der Waals surface area contributed by atoms with E-state index in [1.807, 2.05) is 35.9 Å². The normalized spacial score (nSPS) is 16.2. The van der Waals surface area contributed by atoms with E-state index < -0.39 is 17.9 Å². The van der Waals surface area contributed by atoms with Crippen molar-refractivity contribution in [2.45, 2.75) is 19.5 Å². The minimum Gasteiger partial charge on any atom is -0.475 e. The molecule has 1 unspecified atom stereocenters. The molecule has 0 aliphatic carbocycles. The number of carbonyl (C=O) groups excluding carboxylic acids is 2. The third kappa shape index (κ3) is 3.12. The maximum Gasteiger partial charge on any atom is 0.271 e. The summed E-state index contributed by atoms with van der Waals surface area (Å²) < 4.78 is 8.96. The number of pyridine rings is 1. The van der Waals surface area contributed by atoms with Crippen LogP contribution in [0.5, 0.6) is 0 Å². The number of fused-ring (bicyclic) bond motifs is 1. The zero-order valence-corrected chi connectivity index (χ0v) is 14.5. The lowest BCUT2D eigenvalue weighted by atomic mass is 10.2. The van der Waals surface area contributed by atoms with E-state index in [-0.39, 0.29) is 18.0 Å². The molecule has 0 saturated heterocycles. The summed E-state index contributed by atoms with van der Waals surface area (Å²) in [5.74, 6) is -0.734. The van der Waals surface area contributed by atoms with E-state index in [1.54, 1.807) is 12.4 Å². The monoisotopic (exact) mass is 367 g/mol. The fourth-order valence-electron chi connectivity index (χ4n) is 2.78. The molecule has 1 aliphatic heterocycles. The number of aryl methyl sites for hydroxylation is 1. The lowest BCUT2D eigenvalue weighted by Crippen LogP contribution is -2.28. The summed E-state index contributed by atoms with van der Waals surface area (Å²) >= 11 is 0. The Morgan fingerprint density at radius 3 is 3.04 bits per heavy atom. The van der Waals surface area contributed by atoms with Crippen LogP contribution in [0, 0.1) is 0 Å². The molecule has 3 aromatic rings. The summed E-state index contributed by atoms with van der Waals surface area (Å²) in [6, 6.07) is 2.93. The Hall–Kier alpha value is -3.69. The van der Waals surface area contributed by atoms with Gasteiger partial charge in [0, 0.05) is 36.9 Å². The van der Waals surface area contributed by atoms with E-state index >= 15 is 0 Å².